The van der Waals surface area contributed by atoms with Crippen LogP contribution in [0.1, 0.15) is 53.0 Å². The van der Waals surface area contributed by atoms with Crippen LogP contribution in [0.3, 0.4) is 0 Å². The molecular formula is C24H24ClNO3. The first-order valence-corrected chi connectivity index (χ1v) is 10.1. The van der Waals surface area contributed by atoms with E-state index >= 15 is 0 Å². The van der Waals surface area contributed by atoms with E-state index in [-0.39, 0.29) is 17.6 Å². The lowest BCUT2D eigenvalue weighted by atomic mass is 9.89. The van der Waals surface area contributed by atoms with Crippen LogP contribution in [-0.4, -0.2) is 40.4 Å². The number of halogens is 1. The van der Waals surface area contributed by atoms with Crippen molar-refractivity contribution < 1.29 is 14.7 Å². The van der Waals surface area contributed by atoms with Gasteiger partial charge in [0.15, 0.2) is 5.78 Å². The number of likely N-dealkylation sites (tertiary alicyclic amines) is 1. The Morgan fingerprint density at radius 1 is 1.07 bits per heavy atom. The first kappa shape index (κ1) is 21.1. The maximum Gasteiger partial charge on any atom is 0.253 e. The lowest BCUT2D eigenvalue weighted by Gasteiger charge is -2.32. The van der Waals surface area contributed by atoms with Crippen molar-refractivity contribution in [3.05, 3.63) is 70.2 Å². The molecule has 0 radical (unpaired) electrons. The van der Waals surface area contributed by atoms with Crippen LogP contribution in [0.15, 0.2) is 48.5 Å². The van der Waals surface area contributed by atoms with E-state index in [0.717, 1.165) is 18.4 Å². The van der Waals surface area contributed by atoms with Gasteiger partial charge in [0.05, 0.1) is 0 Å². The molecule has 0 unspecified atom stereocenters. The minimum atomic E-state index is -1.06. The zero-order valence-electron chi connectivity index (χ0n) is 16.6. The average molecular weight is 410 g/mol. The molecule has 4 nitrogen and oxygen atoms in total. The van der Waals surface area contributed by atoms with Crippen LogP contribution in [0.2, 0.25) is 5.02 Å². The number of amides is 1. The molecule has 1 N–H and O–H groups in total. The van der Waals surface area contributed by atoms with Crippen molar-refractivity contribution in [3.8, 4) is 11.8 Å². The van der Waals surface area contributed by atoms with E-state index in [1.54, 1.807) is 67.3 Å². The van der Waals surface area contributed by atoms with Gasteiger partial charge in [0.1, 0.15) is 5.60 Å². The third kappa shape index (κ3) is 5.69. The van der Waals surface area contributed by atoms with Gasteiger partial charge in [0.25, 0.3) is 5.91 Å². The molecule has 2 aromatic carbocycles. The molecule has 1 heterocycles. The maximum atomic E-state index is 12.9. The van der Waals surface area contributed by atoms with Crippen molar-refractivity contribution in [2.75, 3.05) is 13.1 Å². The predicted molar refractivity (Wildman–Crippen MR) is 114 cm³/mol. The first-order chi connectivity index (χ1) is 13.7. The molecule has 1 aliphatic heterocycles. The Kier molecular flexibility index (Phi) is 6.42. The van der Waals surface area contributed by atoms with E-state index in [1.165, 1.54) is 0 Å². The number of Topliss-reactive ketones (excluding diaryl/α,β-unsaturated/α-hetero) is 1. The molecule has 1 amide bonds. The van der Waals surface area contributed by atoms with Gasteiger partial charge in [-0.2, -0.15) is 0 Å². The largest absolute Gasteiger partial charge is 0.378 e. The topological polar surface area (TPSA) is 57.6 Å². The zero-order valence-corrected chi connectivity index (χ0v) is 17.4. The van der Waals surface area contributed by atoms with E-state index < -0.39 is 5.60 Å². The molecule has 0 aromatic heterocycles. The lowest BCUT2D eigenvalue weighted by Crippen LogP contribution is -2.42. The molecule has 5 heteroatoms. The molecule has 29 heavy (non-hydrogen) atoms. The summed E-state index contributed by atoms with van der Waals surface area (Å²) in [5.74, 6) is 5.41. The molecule has 1 aliphatic rings. The Bertz CT molecular complexity index is 947. The smallest absolute Gasteiger partial charge is 0.253 e. The van der Waals surface area contributed by atoms with Gasteiger partial charge >= 0.3 is 0 Å². The monoisotopic (exact) mass is 409 g/mol. The number of ketones is 1. The molecule has 1 saturated heterocycles. The number of piperidine rings is 1. The normalized spacial score (nSPS) is 16.7. The van der Waals surface area contributed by atoms with Gasteiger partial charge in [0, 0.05) is 40.7 Å². The Balaban J connectivity index is 1.68. The molecule has 0 saturated carbocycles. The molecule has 1 fully saturated rings. The highest BCUT2D eigenvalue weighted by Crippen LogP contribution is 2.23. The second kappa shape index (κ2) is 8.82. The highest BCUT2D eigenvalue weighted by Gasteiger charge is 2.29. The van der Waals surface area contributed by atoms with Crippen molar-refractivity contribution in [1.82, 2.24) is 4.90 Å². The number of hydrogen-bond acceptors (Lipinski definition) is 3. The number of benzene rings is 2. The third-order valence-corrected chi connectivity index (χ3v) is 5.10. The molecular weight excluding hydrogens is 386 g/mol. The van der Waals surface area contributed by atoms with Gasteiger partial charge in [-0.15, -0.1) is 0 Å². The van der Waals surface area contributed by atoms with Crippen LogP contribution >= 0.6 is 11.6 Å². The van der Waals surface area contributed by atoms with E-state index in [0.29, 0.717) is 29.2 Å². The summed E-state index contributed by atoms with van der Waals surface area (Å²) in [7, 11) is 0. The van der Waals surface area contributed by atoms with Crippen LogP contribution in [0, 0.1) is 17.8 Å². The number of aliphatic hydroxyl groups is 1. The standard InChI is InChI=1S/C24H24ClNO3/c1-24(2,29)14-13-17-5-7-19(8-6-17)23(28)26-15-3-4-20(16-26)22(27)18-9-11-21(25)12-10-18/h5-12,20,29H,3-4,15-16H2,1-2H3/t20-/m0/s1. The van der Waals surface area contributed by atoms with Crippen LogP contribution in [0.25, 0.3) is 0 Å². The molecule has 3 rings (SSSR count). The van der Waals surface area contributed by atoms with Gasteiger partial charge < -0.3 is 10.0 Å². The fourth-order valence-electron chi connectivity index (χ4n) is 3.33. The van der Waals surface area contributed by atoms with Gasteiger partial charge in [-0.05, 0) is 75.2 Å². The van der Waals surface area contributed by atoms with Gasteiger partial charge in [-0.25, -0.2) is 0 Å². The summed E-state index contributed by atoms with van der Waals surface area (Å²) in [5, 5.41) is 10.3. The highest BCUT2D eigenvalue weighted by atomic mass is 35.5. The second-order valence-corrected chi connectivity index (χ2v) is 8.28. The lowest BCUT2D eigenvalue weighted by molar-refractivity contribution is 0.0637. The fourth-order valence-corrected chi connectivity index (χ4v) is 3.46. The zero-order chi connectivity index (χ0) is 21.0. The van der Waals surface area contributed by atoms with Gasteiger partial charge in [-0.3, -0.25) is 9.59 Å². The maximum absolute atomic E-state index is 12.9. The van der Waals surface area contributed by atoms with Crippen molar-refractivity contribution in [1.29, 1.82) is 0 Å². The van der Waals surface area contributed by atoms with Crippen molar-refractivity contribution in [2.45, 2.75) is 32.3 Å². The Labute approximate surface area is 176 Å². The number of carbonyl (C=O) groups excluding carboxylic acids is 2. The van der Waals surface area contributed by atoms with Gasteiger partial charge in [0.2, 0.25) is 0 Å². The van der Waals surface area contributed by atoms with E-state index in [9.17, 15) is 14.7 Å². The molecule has 0 spiro atoms. The van der Waals surface area contributed by atoms with E-state index in [1.807, 2.05) is 0 Å². The van der Waals surface area contributed by atoms with E-state index in [4.69, 9.17) is 11.6 Å². The summed E-state index contributed by atoms with van der Waals surface area (Å²) >= 11 is 5.90. The SMILES string of the molecule is CC(C)(O)C#Cc1ccc(C(=O)N2CCC[C@H](C(=O)c3ccc(Cl)cc3)C2)cc1. The second-order valence-electron chi connectivity index (χ2n) is 7.85. The summed E-state index contributed by atoms with van der Waals surface area (Å²) in [6.45, 7) is 4.30. The molecule has 0 aliphatic carbocycles. The summed E-state index contributed by atoms with van der Waals surface area (Å²) in [6.07, 6.45) is 1.57. The fraction of sp³-hybridized carbons (Fsp3) is 0.333. The van der Waals surface area contributed by atoms with Crippen LogP contribution in [0.4, 0.5) is 0 Å². The van der Waals surface area contributed by atoms with Crippen molar-refractivity contribution in [3.63, 3.8) is 0 Å². The minimum Gasteiger partial charge on any atom is -0.378 e. The predicted octanol–water partition coefficient (Wildman–Crippen LogP) is 4.20. The molecule has 2 aromatic rings. The summed E-state index contributed by atoms with van der Waals surface area (Å²) in [6, 6.07) is 13.9. The van der Waals surface area contributed by atoms with Crippen molar-refractivity contribution in [2.24, 2.45) is 5.92 Å². The van der Waals surface area contributed by atoms with Crippen LogP contribution in [0.5, 0.6) is 0 Å². The summed E-state index contributed by atoms with van der Waals surface area (Å²) in [5.41, 5.74) is 0.869. The Morgan fingerprint density at radius 3 is 2.31 bits per heavy atom. The molecule has 150 valence electrons. The molecule has 0 bridgehead atoms. The quantitative estimate of drug-likeness (QED) is 0.610. The van der Waals surface area contributed by atoms with Crippen molar-refractivity contribution >= 4 is 23.3 Å². The Morgan fingerprint density at radius 2 is 1.69 bits per heavy atom. The minimum absolute atomic E-state index is 0.0522. The Hall–Kier alpha value is -2.61. The van der Waals surface area contributed by atoms with E-state index in [2.05, 4.69) is 11.8 Å². The van der Waals surface area contributed by atoms with Gasteiger partial charge in [-0.1, -0.05) is 23.4 Å². The number of nitrogens with zero attached hydrogens (tertiary/aromatic N) is 1. The summed E-state index contributed by atoms with van der Waals surface area (Å²) in [4.78, 5) is 27.4. The summed E-state index contributed by atoms with van der Waals surface area (Å²) < 4.78 is 0. The highest BCUT2D eigenvalue weighted by molar-refractivity contribution is 6.30. The third-order valence-electron chi connectivity index (χ3n) is 4.85. The first-order valence-electron chi connectivity index (χ1n) is 9.67. The van der Waals surface area contributed by atoms with Crippen LogP contribution in [-0.2, 0) is 0 Å². The average Bonchev–Trinajstić information content (AvgIpc) is 2.72. The van der Waals surface area contributed by atoms with Crippen LogP contribution < -0.4 is 0 Å². The number of rotatable bonds is 3. The molecule has 1 atom stereocenters. The number of carbonyl (C=O) groups is 2. The number of hydrogen-bond donors (Lipinski definition) is 1.